The number of benzene rings is 1. The third-order valence-corrected chi connectivity index (χ3v) is 3.76. The lowest BCUT2D eigenvalue weighted by molar-refractivity contribution is 0.409. The number of hydrogen-bond donors (Lipinski definition) is 0. The fourth-order valence-electron chi connectivity index (χ4n) is 2.87. The first-order valence-corrected chi connectivity index (χ1v) is 7.93. The van der Waals surface area contributed by atoms with Crippen LogP contribution in [0, 0.1) is 6.92 Å². The van der Waals surface area contributed by atoms with E-state index in [4.69, 9.17) is 9.47 Å². The highest BCUT2D eigenvalue weighted by molar-refractivity contribution is 6.00. The van der Waals surface area contributed by atoms with Gasteiger partial charge >= 0.3 is 0 Å². The van der Waals surface area contributed by atoms with E-state index in [1.165, 1.54) is 5.69 Å². The molecule has 1 aromatic heterocycles. The molecule has 0 aliphatic carbocycles. The van der Waals surface area contributed by atoms with Crippen molar-refractivity contribution < 1.29 is 9.47 Å². The molecule has 0 radical (unpaired) electrons. The van der Waals surface area contributed by atoms with E-state index in [0.29, 0.717) is 0 Å². The minimum Gasteiger partial charge on any atom is -0.496 e. The molecule has 2 aromatic rings. The summed E-state index contributed by atoms with van der Waals surface area (Å²) < 4.78 is 11.1. The van der Waals surface area contributed by atoms with Crippen molar-refractivity contribution in [2.75, 3.05) is 32.2 Å². The summed E-state index contributed by atoms with van der Waals surface area (Å²) in [6.45, 7) is 8.48. The van der Waals surface area contributed by atoms with Crippen LogP contribution in [0.1, 0.15) is 32.4 Å². The highest BCUT2D eigenvalue weighted by atomic mass is 16.5. The van der Waals surface area contributed by atoms with Gasteiger partial charge in [0, 0.05) is 18.8 Å². The molecule has 4 nitrogen and oxygen atoms in total. The standard InChI is InChI=1S/C18H26N2O2/c1-6-10-20(11-7-2)14-12-13(3)19-18-16(22-5)9-8-15(21-4)17(14)18/h8-9,12H,6-7,10-11H2,1-5H3. The Bertz CT molecular complexity index is 635. The average molecular weight is 302 g/mol. The van der Waals surface area contributed by atoms with E-state index in [1.54, 1.807) is 14.2 Å². The molecule has 0 bridgehead atoms. The zero-order valence-electron chi connectivity index (χ0n) is 14.3. The largest absolute Gasteiger partial charge is 0.496 e. The second-order valence-corrected chi connectivity index (χ2v) is 5.46. The molecule has 0 fully saturated rings. The molecule has 22 heavy (non-hydrogen) atoms. The first-order chi connectivity index (χ1) is 10.7. The predicted molar refractivity (Wildman–Crippen MR) is 92.4 cm³/mol. The summed E-state index contributed by atoms with van der Waals surface area (Å²) in [5, 5.41) is 1.04. The highest BCUT2D eigenvalue weighted by Gasteiger charge is 2.17. The van der Waals surface area contributed by atoms with E-state index < -0.39 is 0 Å². The van der Waals surface area contributed by atoms with Gasteiger partial charge in [0.15, 0.2) is 0 Å². The molecule has 0 N–H and O–H groups in total. The molecule has 0 spiro atoms. The quantitative estimate of drug-likeness (QED) is 0.768. The third-order valence-electron chi connectivity index (χ3n) is 3.76. The minimum absolute atomic E-state index is 0.786. The number of fused-ring (bicyclic) bond motifs is 1. The topological polar surface area (TPSA) is 34.6 Å². The Morgan fingerprint density at radius 3 is 2.14 bits per heavy atom. The van der Waals surface area contributed by atoms with Crippen LogP contribution < -0.4 is 14.4 Å². The van der Waals surface area contributed by atoms with Gasteiger partial charge in [-0.15, -0.1) is 0 Å². The van der Waals surface area contributed by atoms with Gasteiger partial charge in [0.05, 0.1) is 25.3 Å². The van der Waals surface area contributed by atoms with Crippen LogP contribution in [0.15, 0.2) is 18.2 Å². The summed E-state index contributed by atoms with van der Waals surface area (Å²) in [7, 11) is 3.38. The van der Waals surface area contributed by atoms with Crippen molar-refractivity contribution in [1.82, 2.24) is 4.98 Å². The lowest BCUT2D eigenvalue weighted by atomic mass is 10.1. The molecular formula is C18H26N2O2. The van der Waals surface area contributed by atoms with E-state index in [2.05, 4.69) is 29.8 Å². The van der Waals surface area contributed by atoms with Gasteiger partial charge in [-0.3, -0.25) is 0 Å². The van der Waals surface area contributed by atoms with Crippen molar-refractivity contribution in [3.63, 3.8) is 0 Å². The Morgan fingerprint density at radius 2 is 1.59 bits per heavy atom. The van der Waals surface area contributed by atoms with Crippen molar-refractivity contribution in [3.05, 3.63) is 23.9 Å². The Balaban J connectivity index is 2.75. The van der Waals surface area contributed by atoms with Crippen LogP contribution in [-0.4, -0.2) is 32.3 Å². The maximum atomic E-state index is 5.59. The van der Waals surface area contributed by atoms with Crippen molar-refractivity contribution >= 4 is 16.6 Å². The molecule has 2 rings (SSSR count). The summed E-state index contributed by atoms with van der Waals surface area (Å²) in [5.41, 5.74) is 3.04. The van der Waals surface area contributed by atoms with E-state index in [-0.39, 0.29) is 0 Å². The number of aryl methyl sites for hydroxylation is 1. The summed E-state index contributed by atoms with van der Waals surface area (Å²) in [5.74, 6) is 1.63. The summed E-state index contributed by atoms with van der Waals surface area (Å²) in [6.07, 6.45) is 2.21. The van der Waals surface area contributed by atoms with E-state index >= 15 is 0 Å². The second kappa shape index (κ2) is 7.34. The van der Waals surface area contributed by atoms with Crippen molar-refractivity contribution in [2.24, 2.45) is 0 Å². The number of nitrogens with zero attached hydrogens (tertiary/aromatic N) is 2. The molecule has 1 aromatic carbocycles. The van der Waals surface area contributed by atoms with Gasteiger partial charge in [-0.1, -0.05) is 13.8 Å². The Hall–Kier alpha value is -1.97. The number of aromatic nitrogens is 1. The summed E-state index contributed by atoms with van der Waals surface area (Å²) >= 11 is 0. The summed E-state index contributed by atoms with van der Waals surface area (Å²) in [6, 6.07) is 6.02. The second-order valence-electron chi connectivity index (χ2n) is 5.46. The maximum absolute atomic E-state index is 5.59. The van der Waals surface area contributed by atoms with E-state index in [1.807, 2.05) is 19.1 Å². The van der Waals surface area contributed by atoms with Crippen LogP contribution in [0.3, 0.4) is 0 Å². The summed E-state index contributed by atoms with van der Waals surface area (Å²) in [4.78, 5) is 7.10. The first-order valence-electron chi connectivity index (χ1n) is 7.93. The van der Waals surface area contributed by atoms with Crippen LogP contribution in [0.4, 0.5) is 5.69 Å². The van der Waals surface area contributed by atoms with Crippen molar-refractivity contribution in [3.8, 4) is 11.5 Å². The van der Waals surface area contributed by atoms with Crippen molar-refractivity contribution in [2.45, 2.75) is 33.6 Å². The number of anilines is 1. The van der Waals surface area contributed by atoms with Crippen LogP contribution in [-0.2, 0) is 0 Å². The molecule has 4 heteroatoms. The number of rotatable bonds is 7. The van der Waals surface area contributed by atoms with Gasteiger partial charge < -0.3 is 14.4 Å². The average Bonchev–Trinajstić information content (AvgIpc) is 2.52. The molecule has 0 atom stereocenters. The molecule has 1 heterocycles. The van der Waals surface area contributed by atoms with Crippen LogP contribution in [0.2, 0.25) is 0 Å². The third kappa shape index (κ3) is 3.11. The smallest absolute Gasteiger partial charge is 0.145 e. The monoisotopic (exact) mass is 302 g/mol. The maximum Gasteiger partial charge on any atom is 0.145 e. The molecule has 0 aliphatic heterocycles. The Morgan fingerprint density at radius 1 is 1.00 bits per heavy atom. The fourth-order valence-corrected chi connectivity index (χ4v) is 2.87. The molecule has 0 unspecified atom stereocenters. The number of methoxy groups -OCH3 is 2. The predicted octanol–water partition coefficient (Wildman–Crippen LogP) is 4.19. The SMILES string of the molecule is CCCN(CCC)c1cc(C)nc2c(OC)ccc(OC)c12. The zero-order valence-corrected chi connectivity index (χ0v) is 14.3. The van der Waals surface area contributed by atoms with Gasteiger partial charge in [-0.05, 0) is 38.0 Å². The lowest BCUT2D eigenvalue weighted by Crippen LogP contribution is -2.25. The lowest BCUT2D eigenvalue weighted by Gasteiger charge is -2.26. The molecule has 0 aliphatic rings. The van der Waals surface area contributed by atoms with Gasteiger partial charge in [-0.2, -0.15) is 0 Å². The molecule has 0 saturated carbocycles. The van der Waals surface area contributed by atoms with Gasteiger partial charge in [0.2, 0.25) is 0 Å². The minimum atomic E-state index is 0.786. The number of ether oxygens (including phenoxy) is 2. The fraction of sp³-hybridized carbons (Fsp3) is 0.500. The highest BCUT2D eigenvalue weighted by Crippen LogP contribution is 2.39. The van der Waals surface area contributed by atoms with Crippen molar-refractivity contribution in [1.29, 1.82) is 0 Å². The Labute approximate surface area is 133 Å². The first kappa shape index (κ1) is 16.4. The molecular weight excluding hydrogens is 276 g/mol. The van der Waals surface area contributed by atoms with E-state index in [9.17, 15) is 0 Å². The van der Waals surface area contributed by atoms with E-state index in [0.717, 1.165) is 54.0 Å². The number of pyridine rings is 1. The zero-order chi connectivity index (χ0) is 16.1. The molecule has 0 saturated heterocycles. The van der Waals surface area contributed by atoms with Crippen LogP contribution in [0.5, 0.6) is 11.5 Å². The van der Waals surface area contributed by atoms with Crippen LogP contribution >= 0.6 is 0 Å². The molecule has 0 amide bonds. The van der Waals surface area contributed by atoms with Gasteiger partial charge in [0.1, 0.15) is 17.0 Å². The number of hydrogen-bond acceptors (Lipinski definition) is 4. The van der Waals surface area contributed by atoms with Gasteiger partial charge in [0.25, 0.3) is 0 Å². The van der Waals surface area contributed by atoms with Gasteiger partial charge in [-0.25, -0.2) is 4.98 Å². The normalized spacial score (nSPS) is 10.8. The Kier molecular flexibility index (Phi) is 5.47. The molecule has 120 valence electrons. The van der Waals surface area contributed by atoms with Crippen LogP contribution in [0.25, 0.3) is 10.9 Å².